The van der Waals surface area contributed by atoms with E-state index in [1.54, 1.807) is 30.3 Å². The van der Waals surface area contributed by atoms with Gasteiger partial charge in [-0.1, -0.05) is 29.8 Å². The predicted molar refractivity (Wildman–Crippen MR) is 59.7 cm³/mol. The molecule has 0 bridgehead atoms. The molecule has 1 aromatic heterocycles. The SMILES string of the molecule is OC(c1ccc(Cl)cc1)c1cccc(F)n1. The highest BCUT2D eigenvalue weighted by atomic mass is 35.5. The molecule has 0 saturated carbocycles. The van der Waals surface area contributed by atoms with Crippen LogP contribution in [0.25, 0.3) is 0 Å². The van der Waals surface area contributed by atoms with Gasteiger partial charge in [-0.25, -0.2) is 4.98 Å². The number of pyridine rings is 1. The van der Waals surface area contributed by atoms with Gasteiger partial charge in [0, 0.05) is 5.02 Å². The summed E-state index contributed by atoms with van der Waals surface area (Å²) in [6.45, 7) is 0. The lowest BCUT2D eigenvalue weighted by Crippen LogP contribution is -2.03. The number of aromatic nitrogens is 1. The topological polar surface area (TPSA) is 33.1 Å². The van der Waals surface area contributed by atoms with Gasteiger partial charge in [-0.05, 0) is 29.8 Å². The minimum atomic E-state index is -0.937. The number of hydrogen-bond donors (Lipinski definition) is 1. The average Bonchev–Trinajstić information content (AvgIpc) is 2.29. The van der Waals surface area contributed by atoms with Crippen LogP contribution in [0.4, 0.5) is 4.39 Å². The zero-order chi connectivity index (χ0) is 11.5. The van der Waals surface area contributed by atoms with Gasteiger partial charge in [-0.3, -0.25) is 0 Å². The standard InChI is InChI=1S/C12H9ClFNO/c13-9-6-4-8(5-7-9)12(16)10-2-1-3-11(14)15-10/h1-7,12,16H. The lowest BCUT2D eigenvalue weighted by atomic mass is 10.1. The zero-order valence-corrected chi connectivity index (χ0v) is 9.03. The minimum Gasteiger partial charge on any atom is -0.382 e. The highest BCUT2D eigenvalue weighted by Gasteiger charge is 2.11. The van der Waals surface area contributed by atoms with Gasteiger partial charge >= 0.3 is 0 Å². The molecule has 0 spiro atoms. The summed E-state index contributed by atoms with van der Waals surface area (Å²) < 4.78 is 12.9. The quantitative estimate of drug-likeness (QED) is 0.815. The smallest absolute Gasteiger partial charge is 0.213 e. The van der Waals surface area contributed by atoms with Crippen LogP contribution in [0, 0.1) is 5.95 Å². The molecule has 1 N–H and O–H groups in total. The van der Waals surface area contributed by atoms with Crippen LogP contribution in [0.15, 0.2) is 42.5 Å². The van der Waals surface area contributed by atoms with Crippen LogP contribution in [0.3, 0.4) is 0 Å². The molecule has 1 unspecified atom stereocenters. The fourth-order valence-electron chi connectivity index (χ4n) is 1.39. The number of aliphatic hydroxyl groups is 1. The second-order valence-corrected chi connectivity index (χ2v) is 3.78. The molecular formula is C12H9ClFNO. The molecule has 1 heterocycles. The highest BCUT2D eigenvalue weighted by molar-refractivity contribution is 6.30. The summed E-state index contributed by atoms with van der Waals surface area (Å²) in [7, 11) is 0. The van der Waals surface area contributed by atoms with Gasteiger partial charge in [0.25, 0.3) is 0 Å². The van der Waals surface area contributed by atoms with E-state index in [-0.39, 0.29) is 5.69 Å². The van der Waals surface area contributed by atoms with Crippen molar-refractivity contribution in [1.29, 1.82) is 0 Å². The summed E-state index contributed by atoms with van der Waals surface area (Å²) in [5.41, 5.74) is 0.907. The first-order valence-corrected chi connectivity index (χ1v) is 5.10. The second-order valence-electron chi connectivity index (χ2n) is 3.34. The molecule has 16 heavy (non-hydrogen) atoms. The molecule has 4 heteroatoms. The lowest BCUT2D eigenvalue weighted by molar-refractivity contribution is 0.214. The molecule has 82 valence electrons. The van der Waals surface area contributed by atoms with E-state index in [1.165, 1.54) is 12.1 Å². The van der Waals surface area contributed by atoms with Crippen molar-refractivity contribution in [3.05, 3.63) is 64.7 Å². The summed E-state index contributed by atoms with van der Waals surface area (Å²) >= 11 is 5.73. The molecule has 1 aromatic carbocycles. The first kappa shape index (κ1) is 11.0. The van der Waals surface area contributed by atoms with Crippen LogP contribution < -0.4 is 0 Å². The maximum Gasteiger partial charge on any atom is 0.213 e. The Bertz CT molecular complexity index is 487. The summed E-state index contributed by atoms with van der Waals surface area (Å²) in [6.07, 6.45) is -0.937. The van der Waals surface area contributed by atoms with Crippen LogP contribution in [-0.4, -0.2) is 10.1 Å². The largest absolute Gasteiger partial charge is 0.382 e. The fourth-order valence-corrected chi connectivity index (χ4v) is 1.52. The Morgan fingerprint density at radius 1 is 1.12 bits per heavy atom. The molecule has 0 aliphatic rings. The Morgan fingerprint density at radius 2 is 1.81 bits per heavy atom. The zero-order valence-electron chi connectivity index (χ0n) is 8.27. The van der Waals surface area contributed by atoms with Gasteiger partial charge in [-0.2, -0.15) is 4.39 Å². The van der Waals surface area contributed by atoms with E-state index in [4.69, 9.17) is 11.6 Å². The minimum absolute atomic E-state index is 0.280. The highest BCUT2D eigenvalue weighted by Crippen LogP contribution is 2.21. The van der Waals surface area contributed by atoms with Crippen LogP contribution in [0.2, 0.25) is 5.02 Å². The first-order valence-electron chi connectivity index (χ1n) is 4.73. The molecule has 2 aromatic rings. The molecule has 0 aliphatic heterocycles. The van der Waals surface area contributed by atoms with Gasteiger partial charge in [0.15, 0.2) is 0 Å². The van der Waals surface area contributed by atoms with Crippen molar-refractivity contribution in [2.45, 2.75) is 6.10 Å². The van der Waals surface area contributed by atoms with Crippen LogP contribution in [-0.2, 0) is 0 Å². The molecule has 0 amide bonds. The van der Waals surface area contributed by atoms with E-state index >= 15 is 0 Å². The molecule has 0 aliphatic carbocycles. The number of hydrogen-bond acceptors (Lipinski definition) is 2. The van der Waals surface area contributed by atoms with Crippen molar-refractivity contribution < 1.29 is 9.50 Å². The van der Waals surface area contributed by atoms with Crippen molar-refractivity contribution in [3.8, 4) is 0 Å². The van der Waals surface area contributed by atoms with Gasteiger partial charge in [0.2, 0.25) is 5.95 Å². The molecule has 0 radical (unpaired) electrons. The Balaban J connectivity index is 2.31. The number of nitrogens with zero attached hydrogens (tertiary/aromatic N) is 1. The van der Waals surface area contributed by atoms with E-state index in [2.05, 4.69) is 4.98 Å². The summed E-state index contributed by atoms with van der Waals surface area (Å²) in [4.78, 5) is 3.62. The molecule has 2 rings (SSSR count). The van der Waals surface area contributed by atoms with Crippen molar-refractivity contribution in [2.75, 3.05) is 0 Å². The normalized spacial score (nSPS) is 12.4. The molecule has 1 atom stereocenters. The van der Waals surface area contributed by atoms with Crippen molar-refractivity contribution >= 4 is 11.6 Å². The predicted octanol–water partition coefficient (Wildman–Crippen LogP) is 2.96. The monoisotopic (exact) mass is 237 g/mol. The van der Waals surface area contributed by atoms with E-state index in [0.29, 0.717) is 10.6 Å². The second kappa shape index (κ2) is 4.60. The lowest BCUT2D eigenvalue weighted by Gasteiger charge is -2.10. The third kappa shape index (κ3) is 2.38. The van der Waals surface area contributed by atoms with Crippen molar-refractivity contribution in [1.82, 2.24) is 4.98 Å². The molecule has 2 nitrogen and oxygen atoms in total. The first-order chi connectivity index (χ1) is 7.66. The van der Waals surface area contributed by atoms with Crippen LogP contribution >= 0.6 is 11.6 Å². The van der Waals surface area contributed by atoms with Gasteiger partial charge in [0.1, 0.15) is 6.10 Å². The fraction of sp³-hybridized carbons (Fsp3) is 0.0833. The number of aliphatic hydroxyl groups excluding tert-OH is 1. The third-order valence-corrected chi connectivity index (χ3v) is 2.45. The van der Waals surface area contributed by atoms with E-state index in [0.717, 1.165) is 0 Å². The Kier molecular flexibility index (Phi) is 3.17. The Morgan fingerprint density at radius 3 is 2.44 bits per heavy atom. The van der Waals surface area contributed by atoms with Crippen LogP contribution in [0.1, 0.15) is 17.4 Å². The Hall–Kier alpha value is -1.45. The maximum atomic E-state index is 12.9. The van der Waals surface area contributed by atoms with E-state index < -0.39 is 12.1 Å². The van der Waals surface area contributed by atoms with Gasteiger partial charge < -0.3 is 5.11 Å². The average molecular weight is 238 g/mol. The summed E-state index contributed by atoms with van der Waals surface area (Å²) in [5.74, 6) is -0.606. The Labute approximate surface area is 97.3 Å². The number of halogens is 2. The molecule has 0 fully saturated rings. The summed E-state index contributed by atoms with van der Waals surface area (Å²) in [6, 6.07) is 11.0. The maximum absolute atomic E-state index is 12.9. The van der Waals surface area contributed by atoms with E-state index in [1.807, 2.05) is 0 Å². The summed E-state index contributed by atoms with van der Waals surface area (Å²) in [5, 5.41) is 10.5. The van der Waals surface area contributed by atoms with Crippen molar-refractivity contribution in [3.63, 3.8) is 0 Å². The number of benzene rings is 1. The van der Waals surface area contributed by atoms with E-state index in [9.17, 15) is 9.50 Å². The number of rotatable bonds is 2. The van der Waals surface area contributed by atoms with Gasteiger partial charge in [-0.15, -0.1) is 0 Å². The van der Waals surface area contributed by atoms with Gasteiger partial charge in [0.05, 0.1) is 5.69 Å². The molecule has 0 saturated heterocycles. The third-order valence-electron chi connectivity index (χ3n) is 2.20. The van der Waals surface area contributed by atoms with Crippen LogP contribution in [0.5, 0.6) is 0 Å². The molecular weight excluding hydrogens is 229 g/mol. The van der Waals surface area contributed by atoms with Crippen molar-refractivity contribution in [2.24, 2.45) is 0 Å².